The number of hydrogen-bond acceptors (Lipinski definition) is 3. The van der Waals surface area contributed by atoms with Crippen LogP contribution >= 0.6 is 15.9 Å². The van der Waals surface area contributed by atoms with Crippen LogP contribution in [0.3, 0.4) is 0 Å². The first kappa shape index (κ1) is 16.0. The van der Waals surface area contributed by atoms with Crippen LogP contribution in [0, 0.1) is 5.92 Å². The molecule has 0 saturated carbocycles. The van der Waals surface area contributed by atoms with Crippen LogP contribution in [-0.4, -0.2) is 31.3 Å². The highest BCUT2D eigenvalue weighted by atomic mass is 79.9. The van der Waals surface area contributed by atoms with E-state index in [1.807, 2.05) is 13.0 Å². The number of methoxy groups -OCH3 is 1. The molecule has 0 saturated heterocycles. The van der Waals surface area contributed by atoms with Crippen LogP contribution in [0.2, 0.25) is 0 Å². The molecule has 5 heteroatoms. The first-order valence-electron chi connectivity index (χ1n) is 6.35. The lowest BCUT2D eigenvalue weighted by Gasteiger charge is -2.15. The maximum atomic E-state index is 12.1. The van der Waals surface area contributed by atoms with E-state index in [1.165, 1.54) is 0 Å². The van der Waals surface area contributed by atoms with Crippen molar-refractivity contribution in [1.29, 1.82) is 0 Å². The molecule has 1 aromatic rings. The van der Waals surface area contributed by atoms with Gasteiger partial charge < -0.3 is 15.2 Å². The normalized spacial score (nSPS) is 12.0. The number of nitrogens with one attached hydrogen (secondary N) is 1. The number of hydrogen-bond donors (Lipinski definition) is 2. The molecule has 4 nitrogen and oxygen atoms in total. The lowest BCUT2D eigenvalue weighted by Crippen LogP contribution is -2.29. The van der Waals surface area contributed by atoms with Crippen molar-refractivity contribution in [3.8, 4) is 5.75 Å². The van der Waals surface area contributed by atoms with Gasteiger partial charge in [0.15, 0.2) is 0 Å². The molecule has 106 valence electrons. The van der Waals surface area contributed by atoms with Crippen LogP contribution in [-0.2, 0) is 0 Å². The van der Waals surface area contributed by atoms with Crippen molar-refractivity contribution in [2.75, 3.05) is 20.3 Å². The number of ether oxygens (including phenoxy) is 1. The van der Waals surface area contributed by atoms with Crippen molar-refractivity contribution in [3.63, 3.8) is 0 Å². The molecule has 1 aromatic carbocycles. The fraction of sp³-hybridized carbons (Fsp3) is 0.500. The van der Waals surface area contributed by atoms with Gasteiger partial charge in [0.25, 0.3) is 5.91 Å². The average molecular weight is 330 g/mol. The average Bonchev–Trinajstić information content (AvgIpc) is 2.42. The zero-order chi connectivity index (χ0) is 14.3. The van der Waals surface area contributed by atoms with Crippen molar-refractivity contribution in [3.05, 3.63) is 28.2 Å². The highest BCUT2D eigenvalue weighted by molar-refractivity contribution is 9.10. The minimum absolute atomic E-state index is 0.149. The van der Waals surface area contributed by atoms with E-state index in [4.69, 9.17) is 9.84 Å². The molecule has 0 aliphatic heterocycles. The summed E-state index contributed by atoms with van der Waals surface area (Å²) in [4.78, 5) is 12.1. The van der Waals surface area contributed by atoms with Gasteiger partial charge in [-0.3, -0.25) is 4.79 Å². The molecule has 0 aliphatic carbocycles. The molecule has 1 atom stereocenters. The summed E-state index contributed by atoms with van der Waals surface area (Å²) in [6, 6.07) is 5.30. The standard InChI is InChI=1S/C14H20BrNO3/c1-3-10(6-7-17)9-16-14(18)12-5-4-11(15)8-13(12)19-2/h4-5,8,10,17H,3,6-7,9H2,1-2H3,(H,16,18). The van der Waals surface area contributed by atoms with E-state index in [2.05, 4.69) is 21.2 Å². The Labute approximate surface area is 122 Å². The largest absolute Gasteiger partial charge is 0.496 e. The van der Waals surface area contributed by atoms with Crippen LogP contribution < -0.4 is 10.1 Å². The summed E-state index contributed by atoms with van der Waals surface area (Å²) in [7, 11) is 1.54. The van der Waals surface area contributed by atoms with Gasteiger partial charge in [-0.15, -0.1) is 0 Å². The molecule has 0 bridgehead atoms. The van der Waals surface area contributed by atoms with Crippen LogP contribution in [0.4, 0.5) is 0 Å². The molecular weight excluding hydrogens is 310 g/mol. The lowest BCUT2D eigenvalue weighted by atomic mass is 10.0. The van der Waals surface area contributed by atoms with Gasteiger partial charge in [-0.05, 0) is 30.5 Å². The second kappa shape index (κ2) is 8.17. The molecule has 0 spiro atoms. The summed E-state index contributed by atoms with van der Waals surface area (Å²) in [5, 5.41) is 11.8. The molecule has 19 heavy (non-hydrogen) atoms. The quantitative estimate of drug-likeness (QED) is 0.808. The van der Waals surface area contributed by atoms with E-state index in [1.54, 1.807) is 19.2 Å². The summed E-state index contributed by atoms with van der Waals surface area (Å²) < 4.78 is 6.07. The van der Waals surface area contributed by atoms with E-state index in [9.17, 15) is 4.79 Å². The lowest BCUT2D eigenvalue weighted by molar-refractivity contribution is 0.0940. The molecule has 1 amide bonds. The highest BCUT2D eigenvalue weighted by Gasteiger charge is 2.14. The number of benzene rings is 1. The van der Waals surface area contributed by atoms with Gasteiger partial charge in [-0.1, -0.05) is 29.3 Å². The first-order valence-corrected chi connectivity index (χ1v) is 7.14. The number of carbonyl (C=O) groups excluding carboxylic acids is 1. The second-order valence-corrected chi connectivity index (χ2v) is 5.26. The monoisotopic (exact) mass is 329 g/mol. The van der Waals surface area contributed by atoms with Crippen LogP contribution in [0.5, 0.6) is 5.75 Å². The first-order chi connectivity index (χ1) is 9.12. The third kappa shape index (κ3) is 4.84. The number of rotatable bonds is 7. The SMILES string of the molecule is CCC(CCO)CNC(=O)c1ccc(Br)cc1OC. The summed E-state index contributed by atoms with van der Waals surface area (Å²) in [6.07, 6.45) is 1.63. The maximum Gasteiger partial charge on any atom is 0.255 e. The van der Waals surface area contributed by atoms with Crippen molar-refractivity contribution in [2.45, 2.75) is 19.8 Å². The highest BCUT2D eigenvalue weighted by Crippen LogP contribution is 2.23. The molecule has 1 unspecified atom stereocenters. The van der Waals surface area contributed by atoms with Gasteiger partial charge >= 0.3 is 0 Å². The predicted octanol–water partition coefficient (Wildman–Crippen LogP) is 2.60. The molecule has 0 radical (unpaired) electrons. The number of carbonyl (C=O) groups is 1. The van der Waals surface area contributed by atoms with Crippen LogP contribution in [0.1, 0.15) is 30.1 Å². The Morgan fingerprint density at radius 3 is 2.84 bits per heavy atom. The van der Waals surface area contributed by atoms with E-state index < -0.39 is 0 Å². The molecule has 0 aliphatic rings. The van der Waals surface area contributed by atoms with Gasteiger partial charge in [0.05, 0.1) is 12.7 Å². The molecule has 0 fully saturated rings. The topological polar surface area (TPSA) is 58.6 Å². The van der Waals surface area contributed by atoms with Crippen LogP contribution in [0.15, 0.2) is 22.7 Å². The number of halogens is 1. The molecule has 2 N–H and O–H groups in total. The maximum absolute atomic E-state index is 12.1. The smallest absolute Gasteiger partial charge is 0.255 e. The fourth-order valence-electron chi connectivity index (χ4n) is 1.82. The number of aliphatic hydroxyl groups excluding tert-OH is 1. The van der Waals surface area contributed by atoms with Crippen LogP contribution in [0.25, 0.3) is 0 Å². The third-order valence-corrected chi connectivity index (χ3v) is 3.57. The fourth-order valence-corrected chi connectivity index (χ4v) is 2.16. The van der Waals surface area contributed by atoms with Crippen molar-refractivity contribution >= 4 is 21.8 Å². The van der Waals surface area contributed by atoms with Gasteiger partial charge in [-0.2, -0.15) is 0 Å². The van der Waals surface area contributed by atoms with E-state index in [0.717, 1.165) is 10.9 Å². The zero-order valence-corrected chi connectivity index (χ0v) is 12.9. The molecule has 0 heterocycles. The Balaban J connectivity index is 2.67. The van der Waals surface area contributed by atoms with E-state index >= 15 is 0 Å². The zero-order valence-electron chi connectivity index (χ0n) is 11.3. The summed E-state index contributed by atoms with van der Waals surface area (Å²) in [6.45, 7) is 2.76. The number of amides is 1. The Hall–Kier alpha value is -1.07. The predicted molar refractivity (Wildman–Crippen MR) is 78.5 cm³/mol. The third-order valence-electron chi connectivity index (χ3n) is 3.07. The Bertz CT molecular complexity index is 423. The Morgan fingerprint density at radius 1 is 1.53 bits per heavy atom. The minimum Gasteiger partial charge on any atom is -0.496 e. The van der Waals surface area contributed by atoms with Gasteiger partial charge in [0.1, 0.15) is 5.75 Å². The second-order valence-electron chi connectivity index (χ2n) is 4.34. The van der Waals surface area contributed by atoms with Gasteiger partial charge in [0, 0.05) is 17.6 Å². The summed E-state index contributed by atoms with van der Waals surface area (Å²) >= 11 is 3.34. The van der Waals surface area contributed by atoms with E-state index in [0.29, 0.717) is 30.2 Å². The Kier molecular flexibility index (Phi) is 6.87. The molecular formula is C14H20BrNO3. The summed E-state index contributed by atoms with van der Waals surface area (Å²) in [5.41, 5.74) is 0.518. The van der Waals surface area contributed by atoms with Crippen molar-refractivity contribution in [2.24, 2.45) is 5.92 Å². The minimum atomic E-state index is -0.152. The molecule has 0 aromatic heterocycles. The van der Waals surface area contributed by atoms with Crippen molar-refractivity contribution in [1.82, 2.24) is 5.32 Å². The number of aliphatic hydroxyl groups is 1. The summed E-state index contributed by atoms with van der Waals surface area (Å²) in [5.74, 6) is 0.693. The Morgan fingerprint density at radius 2 is 2.26 bits per heavy atom. The van der Waals surface area contributed by atoms with E-state index in [-0.39, 0.29) is 12.5 Å². The van der Waals surface area contributed by atoms with Gasteiger partial charge in [0.2, 0.25) is 0 Å². The van der Waals surface area contributed by atoms with Gasteiger partial charge in [-0.25, -0.2) is 0 Å². The van der Waals surface area contributed by atoms with Crippen molar-refractivity contribution < 1.29 is 14.6 Å². The molecule has 1 rings (SSSR count).